The van der Waals surface area contributed by atoms with Crippen LogP contribution in [0.15, 0.2) is 82.6 Å². The molecule has 180 valence electrons. The number of thiocarbonyl (C=S) groups is 1. The zero-order chi connectivity index (χ0) is 25.4. The molecule has 5 rings (SSSR count). The quantitative estimate of drug-likeness (QED) is 0.243. The first-order valence-electron chi connectivity index (χ1n) is 11.1. The molecule has 6 nitrogen and oxygen atoms in total. The molecule has 1 aliphatic rings. The van der Waals surface area contributed by atoms with E-state index in [1.165, 1.54) is 39.6 Å². The number of hydrogen-bond donors (Lipinski definition) is 0. The standard InChI is InChI=1S/C27H20FN3O3S2/c1-16-7-6-14-30-23(16)29-24(34-20-12-10-19(28)11-13-20)21(25(30)32)15-22-26(33)31(27(35)36-22)17(2)18-8-4-3-5-9-18/h3-15,17H,1-2H3/b22-15+. The van der Waals surface area contributed by atoms with Crippen molar-refractivity contribution in [3.05, 3.63) is 111 Å². The Morgan fingerprint density at radius 1 is 1.06 bits per heavy atom. The molecule has 1 aliphatic heterocycles. The van der Waals surface area contributed by atoms with E-state index < -0.39 is 11.4 Å². The zero-order valence-electron chi connectivity index (χ0n) is 19.3. The first kappa shape index (κ1) is 23.9. The van der Waals surface area contributed by atoms with Crippen LogP contribution < -0.4 is 10.3 Å². The highest BCUT2D eigenvalue weighted by molar-refractivity contribution is 8.26. The SMILES string of the molecule is Cc1cccn2c(=O)c(/C=C3/SC(=S)N(C(C)c4ccccc4)C3=O)c(Oc3ccc(F)cc3)nc12. The van der Waals surface area contributed by atoms with Crippen LogP contribution in [0.4, 0.5) is 4.39 Å². The van der Waals surface area contributed by atoms with Crippen LogP contribution in [0.1, 0.15) is 29.7 Å². The first-order valence-corrected chi connectivity index (χ1v) is 12.3. The Balaban J connectivity index is 1.60. The molecule has 0 aliphatic carbocycles. The number of aromatic nitrogens is 2. The fraction of sp³-hybridized carbons (Fsp3) is 0.111. The van der Waals surface area contributed by atoms with E-state index in [4.69, 9.17) is 17.0 Å². The second-order valence-corrected chi connectivity index (χ2v) is 9.89. The van der Waals surface area contributed by atoms with Gasteiger partial charge in [0.1, 0.15) is 27.1 Å². The summed E-state index contributed by atoms with van der Waals surface area (Å²) in [5.74, 6) is -0.396. The molecule has 0 radical (unpaired) electrons. The summed E-state index contributed by atoms with van der Waals surface area (Å²) >= 11 is 6.65. The summed E-state index contributed by atoms with van der Waals surface area (Å²) in [6, 6.07) is 18.3. The van der Waals surface area contributed by atoms with E-state index >= 15 is 0 Å². The van der Waals surface area contributed by atoms with Gasteiger partial charge in [0.15, 0.2) is 0 Å². The summed E-state index contributed by atoms with van der Waals surface area (Å²) in [5, 5.41) is 0. The number of pyridine rings is 1. The van der Waals surface area contributed by atoms with Crippen LogP contribution in [-0.2, 0) is 4.79 Å². The summed E-state index contributed by atoms with van der Waals surface area (Å²) in [6.07, 6.45) is 3.08. The molecule has 2 aromatic carbocycles. The summed E-state index contributed by atoms with van der Waals surface area (Å²) in [7, 11) is 0. The molecule has 1 unspecified atom stereocenters. The molecule has 1 amide bonds. The van der Waals surface area contributed by atoms with Crippen LogP contribution in [0.2, 0.25) is 0 Å². The lowest BCUT2D eigenvalue weighted by Gasteiger charge is -2.23. The van der Waals surface area contributed by atoms with Gasteiger partial charge in [-0.05, 0) is 61.4 Å². The van der Waals surface area contributed by atoms with Gasteiger partial charge in [-0.2, -0.15) is 4.98 Å². The van der Waals surface area contributed by atoms with Crippen molar-refractivity contribution in [1.82, 2.24) is 14.3 Å². The fourth-order valence-electron chi connectivity index (χ4n) is 3.93. The molecule has 0 spiro atoms. The van der Waals surface area contributed by atoms with Gasteiger partial charge in [0.2, 0.25) is 5.88 Å². The average molecular weight is 518 g/mol. The average Bonchev–Trinajstić information content (AvgIpc) is 3.16. The van der Waals surface area contributed by atoms with E-state index in [2.05, 4.69) is 4.98 Å². The maximum absolute atomic E-state index is 13.5. The van der Waals surface area contributed by atoms with Crippen LogP contribution in [0.3, 0.4) is 0 Å². The van der Waals surface area contributed by atoms with Gasteiger partial charge in [-0.1, -0.05) is 60.4 Å². The maximum atomic E-state index is 13.5. The lowest BCUT2D eigenvalue weighted by molar-refractivity contribution is -0.123. The highest BCUT2D eigenvalue weighted by Crippen LogP contribution is 2.38. The second-order valence-electron chi connectivity index (χ2n) is 8.21. The van der Waals surface area contributed by atoms with Gasteiger partial charge in [0.25, 0.3) is 11.5 Å². The third-order valence-electron chi connectivity index (χ3n) is 5.85. The van der Waals surface area contributed by atoms with Gasteiger partial charge in [-0.15, -0.1) is 0 Å². The zero-order valence-corrected chi connectivity index (χ0v) is 21.0. The molecule has 36 heavy (non-hydrogen) atoms. The molecular weight excluding hydrogens is 497 g/mol. The van der Waals surface area contributed by atoms with Gasteiger partial charge in [-0.25, -0.2) is 4.39 Å². The highest BCUT2D eigenvalue weighted by Gasteiger charge is 2.36. The minimum atomic E-state index is -0.416. The third-order valence-corrected chi connectivity index (χ3v) is 7.18. The Kier molecular flexibility index (Phi) is 6.42. The molecule has 2 aromatic heterocycles. The van der Waals surface area contributed by atoms with Gasteiger partial charge >= 0.3 is 0 Å². The Bertz CT molecular complexity index is 1580. The van der Waals surface area contributed by atoms with Gasteiger partial charge in [0.05, 0.1) is 10.9 Å². The molecule has 1 fully saturated rings. The molecule has 4 aromatic rings. The number of fused-ring (bicyclic) bond motifs is 1. The number of halogens is 1. The lowest BCUT2D eigenvalue weighted by Crippen LogP contribution is -2.31. The summed E-state index contributed by atoms with van der Waals surface area (Å²) in [4.78, 5) is 33.3. The second kappa shape index (κ2) is 9.67. The number of amides is 1. The number of nitrogens with zero attached hydrogens (tertiary/aromatic N) is 3. The Labute approximate surface area is 216 Å². The third kappa shape index (κ3) is 4.43. The van der Waals surface area contributed by atoms with Crippen LogP contribution in [-0.4, -0.2) is 24.5 Å². The van der Waals surface area contributed by atoms with Crippen LogP contribution in [0.25, 0.3) is 11.7 Å². The van der Waals surface area contributed by atoms with Gasteiger partial charge < -0.3 is 4.74 Å². The summed E-state index contributed by atoms with van der Waals surface area (Å²) in [5.41, 5.74) is 1.82. The number of benzene rings is 2. The van der Waals surface area contributed by atoms with Crippen molar-refractivity contribution < 1.29 is 13.9 Å². The van der Waals surface area contributed by atoms with Crippen LogP contribution >= 0.6 is 24.0 Å². The number of carbonyl (C=O) groups excluding carboxylic acids is 1. The van der Waals surface area contributed by atoms with Crippen molar-refractivity contribution in [2.75, 3.05) is 0 Å². The van der Waals surface area contributed by atoms with E-state index in [0.29, 0.717) is 20.6 Å². The molecule has 1 atom stereocenters. The monoisotopic (exact) mass is 517 g/mol. The van der Waals surface area contributed by atoms with E-state index in [1.54, 1.807) is 12.3 Å². The number of aryl methyl sites for hydroxylation is 1. The van der Waals surface area contributed by atoms with Crippen molar-refractivity contribution in [3.63, 3.8) is 0 Å². The van der Waals surface area contributed by atoms with E-state index in [1.807, 2.05) is 50.2 Å². The lowest BCUT2D eigenvalue weighted by atomic mass is 10.1. The minimum Gasteiger partial charge on any atom is -0.438 e. The smallest absolute Gasteiger partial charge is 0.269 e. The molecule has 1 saturated heterocycles. The van der Waals surface area contributed by atoms with Crippen LogP contribution in [0.5, 0.6) is 11.6 Å². The Hall–Kier alpha value is -3.82. The van der Waals surface area contributed by atoms with Crippen molar-refractivity contribution in [1.29, 1.82) is 0 Å². The number of carbonyl (C=O) groups is 1. The highest BCUT2D eigenvalue weighted by atomic mass is 32.2. The molecule has 0 N–H and O–H groups in total. The predicted molar refractivity (Wildman–Crippen MR) is 143 cm³/mol. The fourth-order valence-corrected chi connectivity index (χ4v) is 5.33. The number of thioether (sulfide) groups is 1. The van der Waals surface area contributed by atoms with E-state index in [9.17, 15) is 14.0 Å². The van der Waals surface area contributed by atoms with Crippen molar-refractivity contribution in [2.24, 2.45) is 0 Å². The van der Waals surface area contributed by atoms with Crippen molar-refractivity contribution >= 4 is 45.9 Å². The molecular formula is C27H20FN3O3S2. The van der Waals surface area contributed by atoms with Gasteiger partial charge in [-0.3, -0.25) is 18.9 Å². The van der Waals surface area contributed by atoms with Crippen LogP contribution in [0, 0.1) is 12.7 Å². The topological polar surface area (TPSA) is 63.9 Å². The normalized spacial score (nSPS) is 15.6. The molecule has 0 bridgehead atoms. The molecule has 3 heterocycles. The minimum absolute atomic E-state index is 0.0160. The largest absolute Gasteiger partial charge is 0.438 e. The Morgan fingerprint density at radius 2 is 1.78 bits per heavy atom. The number of ether oxygens (including phenoxy) is 1. The van der Waals surface area contributed by atoms with Crippen molar-refractivity contribution in [3.8, 4) is 11.6 Å². The molecule has 9 heteroatoms. The maximum Gasteiger partial charge on any atom is 0.269 e. The molecule has 0 saturated carbocycles. The number of hydrogen-bond acceptors (Lipinski definition) is 6. The Morgan fingerprint density at radius 3 is 2.50 bits per heavy atom. The first-order chi connectivity index (χ1) is 17.3. The summed E-state index contributed by atoms with van der Waals surface area (Å²) in [6.45, 7) is 3.74. The van der Waals surface area contributed by atoms with E-state index in [-0.39, 0.29) is 23.4 Å². The van der Waals surface area contributed by atoms with Gasteiger partial charge in [0, 0.05) is 6.20 Å². The summed E-state index contributed by atoms with van der Waals surface area (Å²) < 4.78 is 21.1. The predicted octanol–water partition coefficient (Wildman–Crippen LogP) is 5.90. The van der Waals surface area contributed by atoms with Crippen molar-refractivity contribution in [2.45, 2.75) is 19.9 Å². The number of rotatable bonds is 5. The van der Waals surface area contributed by atoms with E-state index in [0.717, 1.165) is 22.9 Å².